The number of hydrogen-bond acceptors (Lipinski definition) is 5. The lowest BCUT2D eigenvalue weighted by atomic mass is 10.1. The molecule has 0 radical (unpaired) electrons. The molecule has 0 bridgehead atoms. The van der Waals surface area contributed by atoms with Crippen molar-refractivity contribution in [1.82, 2.24) is 0 Å². The molecular formula is C17H18O5S. The summed E-state index contributed by atoms with van der Waals surface area (Å²) < 4.78 is 33.9. The fourth-order valence-corrected chi connectivity index (χ4v) is 2.99. The van der Waals surface area contributed by atoms with Gasteiger partial charge in [-0.1, -0.05) is 35.9 Å². The molecule has 0 spiro atoms. The van der Waals surface area contributed by atoms with Gasteiger partial charge < -0.3 is 4.74 Å². The minimum atomic E-state index is -3.80. The van der Waals surface area contributed by atoms with E-state index in [0.717, 1.165) is 5.56 Å². The van der Waals surface area contributed by atoms with Crippen LogP contribution in [-0.2, 0) is 25.5 Å². The number of carbonyl (C=O) groups excluding carboxylic acids is 1. The van der Waals surface area contributed by atoms with Gasteiger partial charge in [0.15, 0.2) is 0 Å². The van der Waals surface area contributed by atoms with Crippen LogP contribution in [0.25, 0.3) is 0 Å². The van der Waals surface area contributed by atoms with Gasteiger partial charge in [-0.05, 0) is 37.1 Å². The number of esters is 1. The van der Waals surface area contributed by atoms with Gasteiger partial charge in [-0.15, -0.1) is 0 Å². The third-order valence-electron chi connectivity index (χ3n) is 3.34. The summed E-state index contributed by atoms with van der Waals surface area (Å²) in [5.74, 6) is -0.456. The van der Waals surface area contributed by atoms with E-state index >= 15 is 0 Å². The van der Waals surface area contributed by atoms with Crippen LogP contribution in [0, 0.1) is 6.92 Å². The lowest BCUT2D eigenvalue weighted by Crippen LogP contribution is -2.11. The molecule has 23 heavy (non-hydrogen) atoms. The number of ether oxygens (including phenoxy) is 1. The Morgan fingerprint density at radius 2 is 1.70 bits per heavy atom. The summed E-state index contributed by atoms with van der Waals surface area (Å²) >= 11 is 0. The number of hydrogen-bond donors (Lipinski definition) is 0. The van der Waals surface area contributed by atoms with Crippen molar-refractivity contribution in [3.8, 4) is 0 Å². The summed E-state index contributed by atoms with van der Waals surface area (Å²) in [7, 11) is -2.50. The second kappa shape index (κ2) is 7.39. The highest BCUT2D eigenvalue weighted by molar-refractivity contribution is 7.86. The quantitative estimate of drug-likeness (QED) is 0.600. The number of aryl methyl sites for hydroxylation is 1. The van der Waals surface area contributed by atoms with Crippen LogP contribution >= 0.6 is 0 Å². The van der Waals surface area contributed by atoms with Crippen LogP contribution in [0.15, 0.2) is 53.4 Å². The van der Waals surface area contributed by atoms with E-state index in [2.05, 4.69) is 0 Å². The van der Waals surface area contributed by atoms with Gasteiger partial charge in [-0.3, -0.25) is 4.18 Å². The van der Waals surface area contributed by atoms with E-state index in [1.54, 1.807) is 36.4 Å². The summed E-state index contributed by atoms with van der Waals surface area (Å²) in [6.45, 7) is 1.82. The van der Waals surface area contributed by atoms with Crippen LogP contribution in [0.4, 0.5) is 0 Å². The predicted octanol–water partition coefficient (Wildman–Crippen LogP) is 2.73. The number of rotatable bonds is 6. The third kappa shape index (κ3) is 4.40. The van der Waals surface area contributed by atoms with Crippen LogP contribution in [0.2, 0.25) is 0 Å². The van der Waals surface area contributed by atoms with Gasteiger partial charge >= 0.3 is 5.97 Å². The van der Waals surface area contributed by atoms with Crippen molar-refractivity contribution in [2.75, 3.05) is 13.7 Å². The molecule has 6 heteroatoms. The van der Waals surface area contributed by atoms with Crippen LogP contribution in [0.1, 0.15) is 21.5 Å². The maximum Gasteiger partial charge on any atom is 0.338 e. The zero-order valence-corrected chi connectivity index (χ0v) is 13.8. The molecule has 2 aromatic carbocycles. The molecular weight excluding hydrogens is 316 g/mol. The Labute approximate surface area is 136 Å². The zero-order chi connectivity index (χ0) is 16.9. The average Bonchev–Trinajstić information content (AvgIpc) is 2.55. The monoisotopic (exact) mass is 334 g/mol. The number of benzene rings is 2. The van der Waals surface area contributed by atoms with Crippen molar-refractivity contribution in [2.45, 2.75) is 18.2 Å². The van der Waals surface area contributed by atoms with E-state index in [-0.39, 0.29) is 17.9 Å². The Morgan fingerprint density at radius 1 is 1.04 bits per heavy atom. The maximum atomic E-state index is 12.1. The van der Waals surface area contributed by atoms with Gasteiger partial charge in [0.25, 0.3) is 10.1 Å². The molecule has 0 unspecified atom stereocenters. The normalized spacial score (nSPS) is 11.2. The Morgan fingerprint density at radius 3 is 2.35 bits per heavy atom. The van der Waals surface area contributed by atoms with Crippen molar-refractivity contribution in [3.63, 3.8) is 0 Å². The van der Waals surface area contributed by atoms with E-state index in [4.69, 9.17) is 8.92 Å². The van der Waals surface area contributed by atoms with Crippen LogP contribution < -0.4 is 0 Å². The minimum Gasteiger partial charge on any atom is -0.465 e. The van der Waals surface area contributed by atoms with Crippen LogP contribution in [0.5, 0.6) is 0 Å². The van der Waals surface area contributed by atoms with E-state index < -0.39 is 16.1 Å². The van der Waals surface area contributed by atoms with E-state index in [1.807, 2.05) is 6.92 Å². The molecule has 0 aliphatic rings. The standard InChI is InChI=1S/C17H18O5S/c1-13-7-9-15(10-8-13)23(19,20)22-12-11-14-5-3-4-6-16(14)17(18)21-2/h3-10H,11-12H2,1-2H3. The Bertz CT molecular complexity index is 779. The second-order valence-corrected chi connectivity index (χ2v) is 6.60. The van der Waals surface area contributed by atoms with Crippen LogP contribution in [0.3, 0.4) is 0 Å². The first-order valence-corrected chi connectivity index (χ1v) is 8.47. The molecule has 0 heterocycles. The zero-order valence-electron chi connectivity index (χ0n) is 13.0. The van der Waals surface area contributed by atoms with Crippen molar-refractivity contribution in [1.29, 1.82) is 0 Å². The molecule has 0 aromatic heterocycles. The fraction of sp³-hybridized carbons (Fsp3) is 0.235. The van der Waals surface area contributed by atoms with Gasteiger partial charge in [-0.25, -0.2) is 4.79 Å². The second-order valence-electron chi connectivity index (χ2n) is 4.99. The predicted molar refractivity (Wildman–Crippen MR) is 85.8 cm³/mol. The molecule has 0 amide bonds. The molecule has 2 rings (SSSR count). The fourth-order valence-electron chi connectivity index (χ4n) is 2.08. The SMILES string of the molecule is COC(=O)c1ccccc1CCOS(=O)(=O)c1ccc(C)cc1. The largest absolute Gasteiger partial charge is 0.465 e. The first-order chi connectivity index (χ1) is 10.9. The lowest BCUT2D eigenvalue weighted by molar-refractivity contribution is 0.0599. The molecule has 0 saturated carbocycles. The Balaban J connectivity index is 2.05. The van der Waals surface area contributed by atoms with E-state index in [1.165, 1.54) is 19.2 Å². The van der Waals surface area contributed by atoms with Gasteiger partial charge in [0.2, 0.25) is 0 Å². The van der Waals surface area contributed by atoms with Crippen LogP contribution in [-0.4, -0.2) is 28.1 Å². The first kappa shape index (κ1) is 17.2. The molecule has 0 fully saturated rings. The number of carbonyl (C=O) groups is 1. The Kier molecular flexibility index (Phi) is 5.52. The summed E-state index contributed by atoms with van der Waals surface area (Å²) in [6.07, 6.45) is 0.288. The molecule has 5 nitrogen and oxygen atoms in total. The van der Waals surface area contributed by atoms with Gasteiger partial charge in [0, 0.05) is 0 Å². The van der Waals surface area contributed by atoms with Crippen molar-refractivity contribution < 1.29 is 22.1 Å². The van der Waals surface area contributed by atoms with Gasteiger partial charge in [-0.2, -0.15) is 8.42 Å². The van der Waals surface area contributed by atoms with Crippen molar-refractivity contribution >= 4 is 16.1 Å². The smallest absolute Gasteiger partial charge is 0.338 e. The molecule has 0 N–H and O–H groups in total. The number of methoxy groups -OCH3 is 1. The van der Waals surface area contributed by atoms with Gasteiger partial charge in [0.05, 0.1) is 24.2 Å². The highest BCUT2D eigenvalue weighted by Gasteiger charge is 2.16. The lowest BCUT2D eigenvalue weighted by Gasteiger charge is -2.09. The summed E-state index contributed by atoms with van der Waals surface area (Å²) in [5, 5.41) is 0. The molecule has 0 aliphatic heterocycles. The Hall–Kier alpha value is -2.18. The van der Waals surface area contributed by atoms with Crippen molar-refractivity contribution in [3.05, 3.63) is 65.2 Å². The summed E-state index contributed by atoms with van der Waals surface area (Å²) in [4.78, 5) is 11.8. The third-order valence-corrected chi connectivity index (χ3v) is 4.67. The summed E-state index contributed by atoms with van der Waals surface area (Å²) in [5.41, 5.74) is 2.06. The molecule has 122 valence electrons. The molecule has 0 aliphatic carbocycles. The van der Waals surface area contributed by atoms with E-state index in [9.17, 15) is 13.2 Å². The maximum absolute atomic E-state index is 12.1. The highest BCUT2D eigenvalue weighted by atomic mass is 32.2. The van der Waals surface area contributed by atoms with Crippen molar-refractivity contribution in [2.24, 2.45) is 0 Å². The summed E-state index contributed by atoms with van der Waals surface area (Å²) in [6, 6.07) is 13.3. The first-order valence-electron chi connectivity index (χ1n) is 7.06. The molecule has 0 atom stereocenters. The van der Waals surface area contributed by atoms with Gasteiger partial charge in [0.1, 0.15) is 0 Å². The minimum absolute atomic E-state index is 0.0514. The van der Waals surface area contributed by atoms with E-state index in [0.29, 0.717) is 11.1 Å². The molecule has 2 aromatic rings. The average molecular weight is 334 g/mol. The topological polar surface area (TPSA) is 69.7 Å². The molecule has 0 saturated heterocycles. The highest BCUT2D eigenvalue weighted by Crippen LogP contribution is 2.15.